The van der Waals surface area contributed by atoms with Crippen LogP contribution in [0, 0.1) is 5.82 Å². The number of sulfonamides is 1. The summed E-state index contributed by atoms with van der Waals surface area (Å²) in [5.74, 6) is -1.07. The number of carbonyl (C=O) groups is 1. The van der Waals surface area contributed by atoms with Crippen molar-refractivity contribution in [1.82, 2.24) is 0 Å². The van der Waals surface area contributed by atoms with Gasteiger partial charge in [0, 0.05) is 11.8 Å². The third-order valence-electron chi connectivity index (χ3n) is 4.70. The van der Waals surface area contributed by atoms with Crippen molar-refractivity contribution in [3.8, 4) is 5.75 Å². The summed E-state index contributed by atoms with van der Waals surface area (Å²) in [5, 5.41) is 2.20. The number of hydrogen-bond donors (Lipinski definition) is 0. The van der Waals surface area contributed by atoms with Crippen molar-refractivity contribution in [1.29, 1.82) is 0 Å². The van der Waals surface area contributed by atoms with E-state index in [0.29, 0.717) is 12.2 Å². The van der Waals surface area contributed by atoms with Gasteiger partial charge in [-0.1, -0.05) is 49.4 Å². The normalized spacial score (nSPS) is 11.5. The Morgan fingerprint density at radius 3 is 2.55 bits per heavy atom. The fourth-order valence-electron chi connectivity index (χ4n) is 3.32. The number of carbonyl (C=O) groups excluding carboxylic acids is 1. The smallest absolute Gasteiger partial charge is 0.250 e. The highest BCUT2D eigenvalue weighted by Crippen LogP contribution is 2.28. The Morgan fingerprint density at radius 1 is 1.10 bits per heavy atom. The molecule has 0 aromatic heterocycles. The number of amides is 1. The molecule has 0 aliphatic heterocycles. The number of fused-ring (bicyclic) bond motifs is 1. The lowest BCUT2D eigenvalue weighted by atomic mass is 10.1. The largest absolute Gasteiger partial charge is 0.494 e. The van der Waals surface area contributed by atoms with Crippen LogP contribution in [-0.2, 0) is 20.6 Å². The van der Waals surface area contributed by atoms with Gasteiger partial charge in [-0.15, -0.1) is 11.8 Å². The second kappa shape index (κ2) is 10.2. The quantitative estimate of drug-likeness (QED) is 0.449. The predicted molar refractivity (Wildman–Crippen MR) is 125 cm³/mol. The summed E-state index contributed by atoms with van der Waals surface area (Å²) < 4.78 is 45.4. The van der Waals surface area contributed by atoms with Gasteiger partial charge < -0.3 is 4.74 Å². The minimum Gasteiger partial charge on any atom is -0.494 e. The van der Waals surface area contributed by atoms with Gasteiger partial charge in [0.1, 0.15) is 0 Å². The second-order valence-electron chi connectivity index (χ2n) is 6.92. The summed E-state index contributed by atoms with van der Waals surface area (Å²) in [7, 11) is -2.61. The van der Waals surface area contributed by atoms with Crippen LogP contribution in [0.3, 0.4) is 0 Å². The van der Waals surface area contributed by atoms with E-state index in [9.17, 15) is 17.6 Å². The van der Waals surface area contributed by atoms with Crippen LogP contribution in [0.2, 0.25) is 0 Å². The van der Waals surface area contributed by atoms with E-state index in [2.05, 4.69) is 0 Å². The first-order chi connectivity index (χ1) is 14.9. The first kappa shape index (κ1) is 23.1. The van der Waals surface area contributed by atoms with E-state index in [1.165, 1.54) is 31.0 Å². The summed E-state index contributed by atoms with van der Waals surface area (Å²) in [6.07, 6.45) is 0.341. The maximum absolute atomic E-state index is 14.2. The lowest BCUT2D eigenvalue weighted by Gasteiger charge is -2.22. The Balaban J connectivity index is 1.81. The van der Waals surface area contributed by atoms with Crippen molar-refractivity contribution in [2.75, 3.05) is 22.9 Å². The molecule has 31 heavy (non-hydrogen) atoms. The van der Waals surface area contributed by atoms with Crippen LogP contribution in [0.15, 0.2) is 60.7 Å². The minimum absolute atomic E-state index is 0.0191. The van der Waals surface area contributed by atoms with E-state index in [1.807, 2.05) is 42.5 Å². The Labute approximate surface area is 186 Å². The van der Waals surface area contributed by atoms with Gasteiger partial charge in [0.15, 0.2) is 11.6 Å². The third kappa shape index (κ3) is 5.37. The van der Waals surface area contributed by atoms with Crippen molar-refractivity contribution >= 4 is 44.2 Å². The highest BCUT2D eigenvalue weighted by atomic mass is 32.2. The maximum atomic E-state index is 14.2. The van der Waals surface area contributed by atoms with Gasteiger partial charge in [-0.25, -0.2) is 17.1 Å². The molecule has 1 amide bonds. The molecule has 0 fully saturated rings. The lowest BCUT2D eigenvalue weighted by molar-refractivity contribution is -0.115. The number of nitrogens with zero attached hydrogens (tertiary/aromatic N) is 1. The summed E-state index contributed by atoms with van der Waals surface area (Å²) in [6, 6.07) is 17.6. The number of anilines is 1. The van der Waals surface area contributed by atoms with Gasteiger partial charge in [-0.2, -0.15) is 0 Å². The monoisotopic (exact) mass is 461 g/mol. The van der Waals surface area contributed by atoms with Crippen LogP contribution in [-0.4, -0.2) is 32.9 Å². The minimum atomic E-state index is -3.93. The van der Waals surface area contributed by atoms with Gasteiger partial charge in [0.2, 0.25) is 10.0 Å². The third-order valence-corrected chi connectivity index (χ3v) is 7.56. The topological polar surface area (TPSA) is 63.7 Å². The molecule has 0 saturated heterocycles. The van der Waals surface area contributed by atoms with E-state index >= 15 is 0 Å². The summed E-state index contributed by atoms with van der Waals surface area (Å²) in [5.41, 5.74) is 1.04. The number of ether oxygens (including phenoxy) is 1. The first-order valence-electron chi connectivity index (χ1n) is 9.81. The van der Waals surface area contributed by atoms with Gasteiger partial charge in [0.25, 0.3) is 5.91 Å². The Bertz CT molecular complexity index is 1180. The average molecular weight is 462 g/mol. The molecule has 0 heterocycles. The molecule has 3 aromatic carbocycles. The molecular weight excluding hydrogens is 437 g/mol. The first-order valence-corrected chi connectivity index (χ1v) is 12.6. The summed E-state index contributed by atoms with van der Waals surface area (Å²) >= 11 is 1.32. The number of methoxy groups -OCH3 is 1. The fraction of sp³-hybridized carbons (Fsp3) is 0.261. The zero-order chi connectivity index (χ0) is 22.4. The molecule has 0 bridgehead atoms. The Kier molecular flexibility index (Phi) is 7.56. The number of benzene rings is 3. The lowest BCUT2D eigenvalue weighted by Crippen LogP contribution is -2.39. The highest BCUT2D eigenvalue weighted by Gasteiger charge is 2.29. The summed E-state index contributed by atoms with van der Waals surface area (Å²) in [6.45, 7) is 1.71. The molecule has 0 aliphatic rings. The van der Waals surface area contributed by atoms with Crippen molar-refractivity contribution in [3.63, 3.8) is 0 Å². The molecule has 5 nitrogen and oxygen atoms in total. The molecule has 8 heteroatoms. The van der Waals surface area contributed by atoms with Crippen molar-refractivity contribution in [3.05, 3.63) is 72.0 Å². The zero-order valence-corrected chi connectivity index (χ0v) is 19.0. The van der Waals surface area contributed by atoms with Crippen LogP contribution in [0.4, 0.5) is 10.1 Å². The molecule has 0 radical (unpaired) electrons. The molecular formula is C23H24FNO4S2. The number of hydrogen-bond acceptors (Lipinski definition) is 5. The van der Waals surface area contributed by atoms with Crippen molar-refractivity contribution in [2.24, 2.45) is 0 Å². The molecule has 0 unspecified atom stereocenters. The molecule has 164 valence electrons. The Hall–Kier alpha value is -2.58. The molecule has 0 atom stereocenters. The second-order valence-corrected chi connectivity index (χ2v) is 9.85. The van der Waals surface area contributed by atoms with Crippen LogP contribution in [0.25, 0.3) is 10.8 Å². The van der Waals surface area contributed by atoms with E-state index < -0.39 is 21.7 Å². The number of thioether (sulfide) groups is 1. The molecule has 0 spiro atoms. The maximum Gasteiger partial charge on any atom is 0.250 e. The van der Waals surface area contributed by atoms with Crippen molar-refractivity contribution in [2.45, 2.75) is 19.1 Å². The van der Waals surface area contributed by atoms with Gasteiger partial charge in [0.05, 0.1) is 24.3 Å². The molecule has 3 rings (SSSR count). The SMILES string of the molecule is CCCS(=O)(=O)N(C(=O)CSCc1cccc2ccccc12)c1ccc(OC)c(F)c1. The van der Waals surface area contributed by atoms with E-state index in [1.54, 1.807) is 6.92 Å². The predicted octanol–water partition coefficient (Wildman–Crippen LogP) is 4.99. The zero-order valence-electron chi connectivity index (χ0n) is 17.4. The highest BCUT2D eigenvalue weighted by molar-refractivity contribution is 7.99. The number of rotatable bonds is 9. The molecule has 0 aliphatic carbocycles. The number of halogens is 1. The van der Waals surface area contributed by atoms with Crippen LogP contribution in [0.5, 0.6) is 5.75 Å². The molecule has 0 N–H and O–H groups in total. The fourth-order valence-corrected chi connectivity index (χ4v) is 5.78. The standard InChI is InChI=1S/C23H24FNO4S2/c1-3-13-31(27,28)25(19-11-12-22(29-2)21(24)14-19)23(26)16-30-15-18-9-6-8-17-7-4-5-10-20(17)18/h4-12,14H,3,13,15-16H2,1-2H3. The molecule has 0 saturated carbocycles. The molecule has 3 aromatic rings. The van der Waals surface area contributed by atoms with E-state index in [0.717, 1.165) is 26.7 Å². The van der Waals surface area contributed by atoms with Crippen molar-refractivity contribution < 1.29 is 22.3 Å². The van der Waals surface area contributed by atoms with Gasteiger partial charge >= 0.3 is 0 Å². The van der Waals surface area contributed by atoms with Crippen LogP contribution >= 0.6 is 11.8 Å². The Morgan fingerprint density at radius 2 is 1.84 bits per heavy atom. The van der Waals surface area contributed by atoms with Gasteiger partial charge in [-0.05, 0) is 34.9 Å². The van der Waals surface area contributed by atoms with Crippen LogP contribution in [0.1, 0.15) is 18.9 Å². The average Bonchev–Trinajstić information content (AvgIpc) is 2.74. The van der Waals surface area contributed by atoms with Crippen LogP contribution < -0.4 is 9.04 Å². The summed E-state index contributed by atoms with van der Waals surface area (Å²) in [4.78, 5) is 13.0. The van der Waals surface area contributed by atoms with E-state index in [4.69, 9.17) is 4.74 Å². The van der Waals surface area contributed by atoms with E-state index in [-0.39, 0.29) is 22.9 Å². The van der Waals surface area contributed by atoms with Gasteiger partial charge in [-0.3, -0.25) is 4.79 Å².